The number of carbonyl (C=O) groups is 1. The van der Waals surface area contributed by atoms with Crippen molar-refractivity contribution in [3.05, 3.63) is 5.69 Å². The maximum atomic E-state index is 11.6. The number of anilines is 1. The third-order valence-electron chi connectivity index (χ3n) is 2.46. The summed E-state index contributed by atoms with van der Waals surface area (Å²) in [6, 6.07) is 0.401. The molecule has 17 heavy (non-hydrogen) atoms. The molecule has 94 valence electrons. The number of hydrazine groups is 1. The minimum Gasteiger partial charge on any atom is -0.352 e. The molecule has 0 unspecified atom stereocenters. The molecule has 1 fully saturated rings. The zero-order valence-corrected chi connectivity index (χ0v) is 10.5. The van der Waals surface area contributed by atoms with E-state index in [-0.39, 0.29) is 5.91 Å². The fraction of sp³-hybridized carbons (Fsp3) is 0.667. The minimum atomic E-state index is 0.0560. The van der Waals surface area contributed by atoms with E-state index >= 15 is 0 Å². The Morgan fingerprint density at radius 1 is 1.65 bits per heavy atom. The van der Waals surface area contributed by atoms with E-state index in [0.29, 0.717) is 19.1 Å². The van der Waals surface area contributed by atoms with Crippen LogP contribution in [0.5, 0.6) is 0 Å². The van der Waals surface area contributed by atoms with Crippen LogP contribution in [0.3, 0.4) is 0 Å². The normalized spacial score (nSPS) is 15.0. The van der Waals surface area contributed by atoms with Crippen molar-refractivity contribution in [1.82, 2.24) is 19.8 Å². The van der Waals surface area contributed by atoms with E-state index in [0.717, 1.165) is 23.5 Å². The van der Waals surface area contributed by atoms with Gasteiger partial charge < -0.3 is 10.7 Å². The number of aromatic nitrogens is 2. The molecule has 0 spiro atoms. The van der Waals surface area contributed by atoms with Crippen LogP contribution in [0.4, 0.5) is 5.00 Å². The number of rotatable bonds is 6. The number of amides is 1. The topological polar surface area (TPSA) is 96.2 Å². The lowest BCUT2D eigenvalue weighted by Gasteiger charge is -2.15. The molecule has 4 N–H and O–H groups in total. The number of nitrogens with one attached hydrogen (secondary N) is 2. The second kappa shape index (κ2) is 5.39. The number of nitrogens with zero attached hydrogens (tertiary/aromatic N) is 3. The molecule has 0 aromatic carbocycles. The molecule has 1 heterocycles. The molecule has 0 bridgehead atoms. The van der Waals surface area contributed by atoms with E-state index in [1.165, 1.54) is 11.5 Å². The smallest absolute Gasteiger partial charge is 0.234 e. The molecule has 2 rings (SSSR count). The van der Waals surface area contributed by atoms with Gasteiger partial charge >= 0.3 is 0 Å². The summed E-state index contributed by atoms with van der Waals surface area (Å²) in [6.07, 6.45) is 2.21. The highest BCUT2D eigenvalue weighted by Gasteiger charge is 2.23. The lowest BCUT2D eigenvalue weighted by atomic mass is 10.4. The SMILES string of the molecule is CN(CC(=O)NC1CC1)Cc1nnsc1NN. The first kappa shape index (κ1) is 12.2. The summed E-state index contributed by atoms with van der Waals surface area (Å²) >= 11 is 1.21. The van der Waals surface area contributed by atoms with Crippen LogP contribution in [0.15, 0.2) is 0 Å². The molecule has 7 nitrogen and oxygen atoms in total. The van der Waals surface area contributed by atoms with Gasteiger partial charge in [0.05, 0.1) is 6.54 Å². The highest BCUT2D eigenvalue weighted by Crippen LogP contribution is 2.19. The Labute approximate surface area is 104 Å². The summed E-state index contributed by atoms with van der Waals surface area (Å²) < 4.78 is 3.81. The second-order valence-corrected chi connectivity index (χ2v) is 4.96. The molecule has 1 aromatic heterocycles. The third-order valence-corrected chi connectivity index (χ3v) is 3.16. The standard InChI is InChI=1S/C9H16N6OS/c1-15(5-8(16)11-6-2-3-6)4-7-9(12-10)17-14-13-7/h6,12H,2-5,10H2,1H3,(H,11,16). The van der Waals surface area contributed by atoms with Crippen LogP contribution in [-0.2, 0) is 11.3 Å². The number of hydrogen-bond acceptors (Lipinski definition) is 7. The number of nitrogen functional groups attached to an aromatic ring is 1. The zero-order valence-electron chi connectivity index (χ0n) is 9.64. The van der Waals surface area contributed by atoms with E-state index < -0.39 is 0 Å². The van der Waals surface area contributed by atoms with Gasteiger partial charge in [-0.1, -0.05) is 4.49 Å². The quantitative estimate of drug-likeness (QED) is 0.470. The van der Waals surface area contributed by atoms with Crippen molar-refractivity contribution in [2.45, 2.75) is 25.4 Å². The zero-order chi connectivity index (χ0) is 12.3. The Morgan fingerprint density at radius 2 is 2.41 bits per heavy atom. The average Bonchev–Trinajstić information content (AvgIpc) is 2.95. The molecule has 0 aliphatic heterocycles. The van der Waals surface area contributed by atoms with Gasteiger partial charge in [0.15, 0.2) is 0 Å². The molecule has 0 saturated heterocycles. The van der Waals surface area contributed by atoms with Crippen LogP contribution in [0.2, 0.25) is 0 Å². The van der Waals surface area contributed by atoms with Gasteiger partial charge in [0.1, 0.15) is 10.7 Å². The highest BCUT2D eigenvalue weighted by molar-refractivity contribution is 7.10. The first-order chi connectivity index (χ1) is 8.19. The summed E-state index contributed by atoms with van der Waals surface area (Å²) in [5.41, 5.74) is 3.31. The maximum Gasteiger partial charge on any atom is 0.234 e. The Bertz CT molecular complexity index is 391. The van der Waals surface area contributed by atoms with Crippen LogP contribution in [-0.4, -0.2) is 40.0 Å². The molecule has 0 atom stereocenters. The van der Waals surface area contributed by atoms with Crippen molar-refractivity contribution in [2.75, 3.05) is 19.0 Å². The Balaban J connectivity index is 1.79. The molecule has 8 heteroatoms. The summed E-state index contributed by atoms with van der Waals surface area (Å²) in [5.74, 6) is 5.38. The van der Waals surface area contributed by atoms with Gasteiger partial charge in [0.2, 0.25) is 5.91 Å². The van der Waals surface area contributed by atoms with Gasteiger partial charge in [0, 0.05) is 24.1 Å². The van der Waals surface area contributed by atoms with Crippen molar-refractivity contribution in [2.24, 2.45) is 5.84 Å². The molecule has 1 aliphatic carbocycles. The van der Waals surface area contributed by atoms with Crippen molar-refractivity contribution in [3.8, 4) is 0 Å². The molecule has 1 aromatic rings. The predicted molar refractivity (Wildman–Crippen MR) is 65.2 cm³/mol. The molecule has 0 radical (unpaired) electrons. The van der Waals surface area contributed by atoms with Gasteiger partial charge in [-0.25, -0.2) is 5.84 Å². The van der Waals surface area contributed by atoms with Gasteiger partial charge in [0.25, 0.3) is 0 Å². The fourth-order valence-corrected chi connectivity index (χ4v) is 1.96. The van der Waals surface area contributed by atoms with Gasteiger partial charge in [-0.2, -0.15) is 0 Å². The maximum absolute atomic E-state index is 11.6. The summed E-state index contributed by atoms with van der Waals surface area (Å²) in [6.45, 7) is 0.909. The van der Waals surface area contributed by atoms with Crippen LogP contribution < -0.4 is 16.6 Å². The molecular formula is C9H16N6OS. The van der Waals surface area contributed by atoms with Crippen LogP contribution >= 0.6 is 11.5 Å². The van der Waals surface area contributed by atoms with E-state index in [9.17, 15) is 4.79 Å². The molecule has 1 saturated carbocycles. The van der Waals surface area contributed by atoms with Gasteiger partial charge in [-0.15, -0.1) is 5.10 Å². The molecule has 1 aliphatic rings. The fourth-order valence-electron chi connectivity index (χ4n) is 1.48. The lowest BCUT2D eigenvalue weighted by Crippen LogP contribution is -2.36. The van der Waals surface area contributed by atoms with Gasteiger partial charge in [-0.05, 0) is 19.9 Å². The largest absolute Gasteiger partial charge is 0.352 e. The van der Waals surface area contributed by atoms with Crippen molar-refractivity contribution in [3.63, 3.8) is 0 Å². The number of hydrogen-bond donors (Lipinski definition) is 3. The Kier molecular flexibility index (Phi) is 3.87. The van der Waals surface area contributed by atoms with Crippen molar-refractivity contribution in [1.29, 1.82) is 0 Å². The Hall–Kier alpha value is -1.25. The van der Waals surface area contributed by atoms with E-state index in [2.05, 4.69) is 20.3 Å². The summed E-state index contributed by atoms with van der Waals surface area (Å²) in [5, 5.41) is 7.63. The number of nitrogens with two attached hydrogens (primary N) is 1. The number of likely N-dealkylation sites (N-methyl/N-ethyl adjacent to an activating group) is 1. The monoisotopic (exact) mass is 256 g/mol. The third kappa shape index (κ3) is 3.62. The van der Waals surface area contributed by atoms with E-state index in [1.807, 2.05) is 11.9 Å². The van der Waals surface area contributed by atoms with Crippen LogP contribution in [0.1, 0.15) is 18.5 Å². The first-order valence-corrected chi connectivity index (χ1v) is 6.22. The summed E-state index contributed by atoms with van der Waals surface area (Å²) in [4.78, 5) is 13.4. The van der Waals surface area contributed by atoms with Crippen molar-refractivity contribution < 1.29 is 4.79 Å². The Morgan fingerprint density at radius 3 is 3.06 bits per heavy atom. The highest BCUT2D eigenvalue weighted by atomic mass is 32.1. The number of carbonyl (C=O) groups excluding carboxylic acids is 1. The summed E-state index contributed by atoms with van der Waals surface area (Å²) in [7, 11) is 1.87. The molecular weight excluding hydrogens is 240 g/mol. The van der Waals surface area contributed by atoms with Gasteiger partial charge in [-0.3, -0.25) is 9.69 Å². The van der Waals surface area contributed by atoms with Crippen LogP contribution in [0, 0.1) is 0 Å². The minimum absolute atomic E-state index is 0.0560. The predicted octanol–water partition coefficient (Wildman–Crippen LogP) is -0.466. The average molecular weight is 256 g/mol. The van der Waals surface area contributed by atoms with E-state index in [1.54, 1.807) is 0 Å². The lowest BCUT2D eigenvalue weighted by molar-refractivity contribution is -0.122. The van der Waals surface area contributed by atoms with E-state index in [4.69, 9.17) is 5.84 Å². The second-order valence-electron chi connectivity index (χ2n) is 4.21. The first-order valence-electron chi connectivity index (χ1n) is 5.45. The molecule has 1 amide bonds. The van der Waals surface area contributed by atoms with Crippen molar-refractivity contribution >= 4 is 22.4 Å². The van der Waals surface area contributed by atoms with Crippen LogP contribution in [0.25, 0.3) is 0 Å².